The largest absolute Gasteiger partial charge is 0.481 e. The van der Waals surface area contributed by atoms with E-state index < -0.39 is 11.5 Å². The lowest BCUT2D eigenvalue weighted by Crippen LogP contribution is -2.36. The third kappa shape index (κ3) is 2.61. The van der Waals surface area contributed by atoms with Crippen LogP contribution in [0.1, 0.15) is 35.6 Å². The van der Waals surface area contributed by atoms with Crippen molar-refractivity contribution in [1.82, 2.24) is 0 Å². The lowest BCUT2D eigenvalue weighted by Gasteiger charge is -2.26. The molecule has 0 saturated heterocycles. The van der Waals surface area contributed by atoms with Crippen LogP contribution in [0.4, 0.5) is 0 Å². The maximum absolute atomic E-state index is 10.8. The third-order valence-corrected chi connectivity index (χ3v) is 2.97. The van der Waals surface area contributed by atoms with Gasteiger partial charge in [-0.05, 0) is 49.9 Å². The number of nitrogens with two attached hydrogens (primary N) is 1. The van der Waals surface area contributed by atoms with Crippen molar-refractivity contribution in [3.63, 3.8) is 0 Å². The molecule has 0 amide bonds. The van der Waals surface area contributed by atoms with E-state index in [9.17, 15) is 4.79 Å². The van der Waals surface area contributed by atoms with Crippen molar-refractivity contribution in [1.29, 1.82) is 0 Å². The molecule has 1 atom stereocenters. The minimum Gasteiger partial charge on any atom is -0.481 e. The lowest BCUT2D eigenvalue weighted by molar-refractivity contribution is -0.138. The average molecular weight is 221 g/mol. The summed E-state index contributed by atoms with van der Waals surface area (Å²) in [6.45, 7) is 7.78. The molecule has 0 aliphatic carbocycles. The number of carboxylic acids is 1. The Hall–Kier alpha value is -1.35. The summed E-state index contributed by atoms with van der Waals surface area (Å²) in [7, 11) is 0. The predicted molar refractivity (Wildman–Crippen MR) is 64.4 cm³/mol. The maximum atomic E-state index is 10.8. The van der Waals surface area contributed by atoms with Gasteiger partial charge in [0.05, 0.1) is 6.42 Å². The van der Waals surface area contributed by atoms with Crippen molar-refractivity contribution < 1.29 is 9.90 Å². The fourth-order valence-electron chi connectivity index (χ4n) is 1.99. The van der Waals surface area contributed by atoms with Crippen LogP contribution in [0.5, 0.6) is 0 Å². The van der Waals surface area contributed by atoms with Crippen LogP contribution in [0.3, 0.4) is 0 Å². The molecule has 3 N–H and O–H groups in total. The van der Waals surface area contributed by atoms with E-state index in [1.54, 1.807) is 6.92 Å². The van der Waals surface area contributed by atoms with E-state index in [4.69, 9.17) is 10.8 Å². The van der Waals surface area contributed by atoms with Gasteiger partial charge in [-0.15, -0.1) is 0 Å². The van der Waals surface area contributed by atoms with Crippen LogP contribution in [0, 0.1) is 20.8 Å². The number of aliphatic carboxylic acids is 1. The molecule has 16 heavy (non-hydrogen) atoms. The molecule has 0 fully saturated rings. The zero-order valence-electron chi connectivity index (χ0n) is 10.3. The van der Waals surface area contributed by atoms with Crippen molar-refractivity contribution in [2.24, 2.45) is 5.73 Å². The summed E-state index contributed by atoms with van der Waals surface area (Å²) in [6, 6.07) is 4.05. The highest BCUT2D eigenvalue weighted by atomic mass is 16.4. The van der Waals surface area contributed by atoms with E-state index in [-0.39, 0.29) is 6.42 Å². The number of hydrogen-bond acceptors (Lipinski definition) is 2. The normalized spacial score (nSPS) is 14.6. The van der Waals surface area contributed by atoms with E-state index in [0.29, 0.717) is 0 Å². The first-order chi connectivity index (χ1) is 7.24. The Morgan fingerprint density at radius 3 is 2.25 bits per heavy atom. The molecule has 1 aromatic rings. The second kappa shape index (κ2) is 4.26. The van der Waals surface area contributed by atoms with Crippen LogP contribution in [0.25, 0.3) is 0 Å². The molecule has 3 heteroatoms. The Bertz CT molecular complexity index is 422. The van der Waals surface area contributed by atoms with Crippen LogP contribution in [-0.4, -0.2) is 11.1 Å². The number of aryl methyl sites for hydroxylation is 3. The Kier molecular flexibility index (Phi) is 3.38. The van der Waals surface area contributed by atoms with Crippen molar-refractivity contribution >= 4 is 5.97 Å². The fourth-order valence-corrected chi connectivity index (χ4v) is 1.99. The second-order valence-electron chi connectivity index (χ2n) is 4.74. The standard InChI is InChI=1S/C13H19NO2/c1-8-5-10(3)11(6-9(8)2)13(4,14)7-12(15)16/h5-6H,7,14H2,1-4H3,(H,15,16). The van der Waals surface area contributed by atoms with Gasteiger partial charge in [-0.1, -0.05) is 12.1 Å². The Labute approximate surface area is 96.3 Å². The number of hydrogen-bond donors (Lipinski definition) is 2. The van der Waals surface area contributed by atoms with Gasteiger partial charge in [0.1, 0.15) is 0 Å². The Morgan fingerprint density at radius 1 is 1.25 bits per heavy atom. The van der Waals surface area contributed by atoms with Gasteiger partial charge >= 0.3 is 5.97 Å². The summed E-state index contributed by atoms with van der Waals surface area (Å²) in [5, 5.41) is 8.85. The van der Waals surface area contributed by atoms with E-state index >= 15 is 0 Å². The molecular weight excluding hydrogens is 202 g/mol. The van der Waals surface area contributed by atoms with Gasteiger partial charge in [0.25, 0.3) is 0 Å². The van der Waals surface area contributed by atoms with Gasteiger partial charge in [0.15, 0.2) is 0 Å². The van der Waals surface area contributed by atoms with Gasteiger partial charge in [0.2, 0.25) is 0 Å². The highest BCUT2D eigenvalue weighted by Gasteiger charge is 2.26. The second-order valence-corrected chi connectivity index (χ2v) is 4.74. The molecule has 0 aromatic heterocycles. The van der Waals surface area contributed by atoms with Crippen LogP contribution in [-0.2, 0) is 10.3 Å². The van der Waals surface area contributed by atoms with E-state index in [1.807, 2.05) is 26.8 Å². The third-order valence-electron chi connectivity index (χ3n) is 2.97. The number of benzene rings is 1. The van der Waals surface area contributed by atoms with Crippen molar-refractivity contribution in [2.45, 2.75) is 39.7 Å². The van der Waals surface area contributed by atoms with Crippen LogP contribution < -0.4 is 5.73 Å². The quantitative estimate of drug-likeness (QED) is 0.823. The molecule has 1 aromatic carbocycles. The van der Waals surface area contributed by atoms with Gasteiger partial charge in [0, 0.05) is 5.54 Å². The summed E-state index contributed by atoms with van der Waals surface area (Å²) >= 11 is 0. The summed E-state index contributed by atoms with van der Waals surface area (Å²) < 4.78 is 0. The Balaban J connectivity index is 3.22. The average Bonchev–Trinajstić information content (AvgIpc) is 2.08. The fraction of sp³-hybridized carbons (Fsp3) is 0.462. The van der Waals surface area contributed by atoms with Crippen molar-refractivity contribution in [3.05, 3.63) is 34.4 Å². The zero-order valence-corrected chi connectivity index (χ0v) is 10.3. The number of carbonyl (C=O) groups is 1. The first kappa shape index (κ1) is 12.7. The minimum absolute atomic E-state index is 0.0592. The van der Waals surface area contributed by atoms with Crippen molar-refractivity contribution in [3.8, 4) is 0 Å². The molecule has 3 nitrogen and oxygen atoms in total. The molecule has 1 unspecified atom stereocenters. The topological polar surface area (TPSA) is 63.3 Å². The molecule has 0 bridgehead atoms. The highest BCUT2D eigenvalue weighted by molar-refractivity contribution is 5.69. The molecule has 1 rings (SSSR count). The lowest BCUT2D eigenvalue weighted by atomic mass is 9.85. The minimum atomic E-state index is -0.873. The predicted octanol–water partition coefficient (Wildman–Crippen LogP) is 2.26. The highest BCUT2D eigenvalue weighted by Crippen LogP contribution is 2.27. The summed E-state index contributed by atoms with van der Waals surface area (Å²) in [5.41, 5.74) is 9.57. The van der Waals surface area contributed by atoms with Crippen molar-refractivity contribution in [2.75, 3.05) is 0 Å². The molecule has 0 spiro atoms. The van der Waals surface area contributed by atoms with Gasteiger partial charge in [-0.25, -0.2) is 0 Å². The number of rotatable bonds is 3. The van der Waals surface area contributed by atoms with Gasteiger partial charge in [-0.3, -0.25) is 4.79 Å². The molecule has 0 aliphatic rings. The van der Waals surface area contributed by atoms with Crippen LogP contribution in [0.15, 0.2) is 12.1 Å². The molecule has 0 heterocycles. The molecule has 0 saturated carbocycles. The number of carboxylic acid groups (broad SMARTS) is 1. The molecule has 0 aliphatic heterocycles. The molecule has 0 radical (unpaired) electrons. The van der Waals surface area contributed by atoms with Gasteiger partial charge < -0.3 is 10.8 Å². The molecular formula is C13H19NO2. The first-order valence-corrected chi connectivity index (χ1v) is 5.33. The monoisotopic (exact) mass is 221 g/mol. The molecule has 88 valence electrons. The maximum Gasteiger partial charge on any atom is 0.305 e. The zero-order chi connectivity index (χ0) is 12.5. The summed E-state index contributed by atoms with van der Waals surface area (Å²) in [4.78, 5) is 10.8. The van der Waals surface area contributed by atoms with E-state index in [2.05, 4.69) is 6.07 Å². The van der Waals surface area contributed by atoms with Crippen LogP contribution in [0.2, 0.25) is 0 Å². The van der Waals surface area contributed by atoms with E-state index in [1.165, 1.54) is 5.56 Å². The summed E-state index contributed by atoms with van der Waals surface area (Å²) in [6.07, 6.45) is -0.0592. The van der Waals surface area contributed by atoms with Crippen LogP contribution >= 0.6 is 0 Å². The Morgan fingerprint density at radius 2 is 1.75 bits per heavy atom. The smallest absolute Gasteiger partial charge is 0.305 e. The SMILES string of the molecule is Cc1cc(C)c(C(C)(N)CC(=O)O)cc1C. The first-order valence-electron chi connectivity index (χ1n) is 5.33. The van der Waals surface area contributed by atoms with Gasteiger partial charge in [-0.2, -0.15) is 0 Å². The summed E-state index contributed by atoms with van der Waals surface area (Å²) in [5.74, 6) is -0.873. The van der Waals surface area contributed by atoms with E-state index in [0.717, 1.165) is 16.7 Å².